The SMILES string of the molecule is COCCC(NC(=O)Cc1cc(OC)ccc1Br)C(=O)O. The van der Waals surface area contributed by atoms with Crippen molar-refractivity contribution < 1.29 is 24.2 Å². The fourth-order valence-electron chi connectivity index (χ4n) is 1.72. The first kappa shape index (κ1) is 17.5. The molecule has 0 aliphatic heterocycles. The minimum atomic E-state index is -1.08. The minimum absolute atomic E-state index is 0.0640. The number of carboxylic acids is 1. The number of carboxylic acid groups (broad SMARTS) is 1. The Morgan fingerprint density at radius 2 is 2.10 bits per heavy atom. The van der Waals surface area contributed by atoms with E-state index in [0.29, 0.717) is 5.75 Å². The van der Waals surface area contributed by atoms with Gasteiger partial charge in [0.05, 0.1) is 13.5 Å². The van der Waals surface area contributed by atoms with Gasteiger partial charge >= 0.3 is 5.97 Å². The standard InChI is InChI=1S/C14H18BrNO5/c1-20-6-5-12(14(18)19)16-13(17)8-9-7-10(21-2)3-4-11(9)15/h3-4,7,12H,5-6,8H2,1-2H3,(H,16,17)(H,18,19). The summed E-state index contributed by atoms with van der Waals surface area (Å²) in [6.07, 6.45) is 0.283. The lowest BCUT2D eigenvalue weighted by atomic mass is 10.1. The number of aliphatic carboxylic acids is 1. The maximum atomic E-state index is 12.0. The zero-order valence-corrected chi connectivity index (χ0v) is 13.5. The Labute approximate surface area is 131 Å². The first-order valence-electron chi connectivity index (χ1n) is 6.31. The molecule has 0 aliphatic carbocycles. The molecule has 1 atom stereocenters. The minimum Gasteiger partial charge on any atom is -0.497 e. The average molecular weight is 360 g/mol. The summed E-state index contributed by atoms with van der Waals surface area (Å²) in [4.78, 5) is 23.0. The van der Waals surface area contributed by atoms with E-state index in [2.05, 4.69) is 21.2 Å². The molecular formula is C14H18BrNO5. The van der Waals surface area contributed by atoms with Gasteiger partial charge in [0.1, 0.15) is 11.8 Å². The maximum Gasteiger partial charge on any atom is 0.326 e. The summed E-state index contributed by atoms with van der Waals surface area (Å²) < 4.78 is 10.7. The predicted octanol–water partition coefficient (Wildman–Crippen LogP) is 1.61. The Balaban J connectivity index is 2.69. The molecule has 1 aromatic rings. The van der Waals surface area contributed by atoms with E-state index in [-0.39, 0.29) is 25.4 Å². The van der Waals surface area contributed by atoms with Gasteiger partial charge in [0.25, 0.3) is 0 Å². The molecule has 1 unspecified atom stereocenters. The fourth-order valence-corrected chi connectivity index (χ4v) is 2.11. The molecule has 1 aromatic carbocycles. The average Bonchev–Trinajstić information content (AvgIpc) is 2.45. The topological polar surface area (TPSA) is 84.9 Å². The summed E-state index contributed by atoms with van der Waals surface area (Å²) in [5.41, 5.74) is 0.725. The third-order valence-electron chi connectivity index (χ3n) is 2.85. The third kappa shape index (κ3) is 5.73. The Morgan fingerprint density at radius 3 is 2.67 bits per heavy atom. The van der Waals surface area contributed by atoms with Crippen LogP contribution in [-0.2, 0) is 20.7 Å². The highest BCUT2D eigenvalue weighted by molar-refractivity contribution is 9.10. The normalized spacial score (nSPS) is 11.8. The van der Waals surface area contributed by atoms with Gasteiger partial charge in [0, 0.05) is 24.6 Å². The largest absolute Gasteiger partial charge is 0.497 e. The quantitative estimate of drug-likeness (QED) is 0.736. The van der Waals surface area contributed by atoms with Gasteiger partial charge in [-0.15, -0.1) is 0 Å². The molecule has 1 amide bonds. The number of nitrogens with one attached hydrogen (secondary N) is 1. The van der Waals surface area contributed by atoms with Gasteiger partial charge in [-0.1, -0.05) is 15.9 Å². The summed E-state index contributed by atoms with van der Waals surface area (Å²) in [7, 11) is 3.02. The highest BCUT2D eigenvalue weighted by Gasteiger charge is 2.20. The lowest BCUT2D eigenvalue weighted by Gasteiger charge is -2.14. The van der Waals surface area contributed by atoms with E-state index in [1.54, 1.807) is 18.2 Å². The number of rotatable bonds is 8. The number of halogens is 1. The third-order valence-corrected chi connectivity index (χ3v) is 3.62. The van der Waals surface area contributed by atoms with E-state index in [9.17, 15) is 9.59 Å². The molecule has 6 nitrogen and oxygen atoms in total. The van der Waals surface area contributed by atoms with Crippen molar-refractivity contribution in [1.29, 1.82) is 0 Å². The van der Waals surface area contributed by atoms with Crippen LogP contribution in [0, 0.1) is 0 Å². The number of methoxy groups -OCH3 is 2. The number of carbonyl (C=O) groups excluding carboxylic acids is 1. The second-order valence-electron chi connectivity index (χ2n) is 4.37. The Kier molecular flexibility index (Phi) is 7.18. The van der Waals surface area contributed by atoms with Gasteiger partial charge < -0.3 is 19.9 Å². The van der Waals surface area contributed by atoms with Crippen LogP contribution in [0.2, 0.25) is 0 Å². The fraction of sp³-hybridized carbons (Fsp3) is 0.429. The highest BCUT2D eigenvalue weighted by atomic mass is 79.9. The van der Waals surface area contributed by atoms with E-state index in [1.807, 2.05) is 0 Å². The second-order valence-corrected chi connectivity index (χ2v) is 5.23. The molecule has 0 aromatic heterocycles. The Bertz CT molecular complexity index is 506. The van der Waals surface area contributed by atoms with Crippen LogP contribution in [0.25, 0.3) is 0 Å². The molecule has 0 saturated heterocycles. The van der Waals surface area contributed by atoms with Gasteiger partial charge in [-0.05, 0) is 23.8 Å². The molecule has 116 valence electrons. The molecule has 7 heteroatoms. The molecule has 0 aliphatic rings. The van der Waals surface area contributed by atoms with Crippen LogP contribution in [0.4, 0.5) is 0 Å². The van der Waals surface area contributed by atoms with Crippen molar-refractivity contribution in [2.24, 2.45) is 0 Å². The van der Waals surface area contributed by atoms with Crippen molar-refractivity contribution in [2.75, 3.05) is 20.8 Å². The maximum absolute atomic E-state index is 12.0. The number of amides is 1. The van der Waals surface area contributed by atoms with E-state index in [4.69, 9.17) is 14.6 Å². The molecule has 0 radical (unpaired) electrons. The van der Waals surface area contributed by atoms with Crippen LogP contribution < -0.4 is 10.1 Å². The monoisotopic (exact) mass is 359 g/mol. The molecule has 0 heterocycles. The molecular weight excluding hydrogens is 342 g/mol. The van der Waals surface area contributed by atoms with E-state index in [1.165, 1.54) is 14.2 Å². The predicted molar refractivity (Wildman–Crippen MR) is 80.5 cm³/mol. The van der Waals surface area contributed by atoms with Crippen molar-refractivity contribution >= 4 is 27.8 Å². The molecule has 0 fully saturated rings. The van der Waals surface area contributed by atoms with Crippen LogP contribution in [0.3, 0.4) is 0 Å². The second kappa shape index (κ2) is 8.63. The van der Waals surface area contributed by atoms with Crippen LogP contribution in [0.1, 0.15) is 12.0 Å². The smallest absolute Gasteiger partial charge is 0.326 e. The van der Waals surface area contributed by atoms with Crippen molar-refractivity contribution in [3.05, 3.63) is 28.2 Å². The number of hydrogen-bond acceptors (Lipinski definition) is 4. The van der Waals surface area contributed by atoms with E-state index >= 15 is 0 Å². The van der Waals surface area contributed by atoms with Gasteiger partial charge in [-0.25, -0.2) is 4.79 Å². The zero-order chi connectivity index (χ0) is 15.8. The number of ether oxygens (including phenoxy) is 2. The highest BCUT2D eigenvalue weighted by Crippen LogP contribution is 2.22. The van der Waals surface area contributed by atoms with Crippen LogP contribution in [-0.4, -0.2) is 43.9 Å². The van der Waals surface area contributed by atoms with E-state index in [0.717, 1.165) is 10.0 Å². The lowest BCUT2D eigenvalue weighted by Crippen LogP contribution is -2.42. The van der Waals surface area contributed by atoms with E-state index < -0.39 is 12.0 Å². The summed E-state index contributed by atoms with van der Waals surface area (Å²) >= 11 is 3.35. The molecule has 0 saturated carbocycles. The number of hydrogen-bond donors (Lipinski definition) is 2. The molecule has 21 heavy (non-hydrogen) atoms. The molecule has 0 spiro atoms. The van der Waals surface area contributed by atoms with Crippen LogP contribution in [0.5, 0.6) is 5.75 Å². The summed E-state index contributed by atoms with van der Waals surface area (Å²) in [5.74, 6) is -0.812. The van der Waals surface area contributed by atoms with Gasteiger partial charge in [-0.3, -0.25) is 4.79 Å². The van der Waals surface area contributed by atoms with Gasteiger partial charge in [-0.2, -0.15) is 0 Å². The van der Waals surface area contributed by atoms with Gasteiger partial charge in [0.15, 0.2) is 0 Å². The molecule has 0 bridgehead atoms. The number of carbonyl (C=O) groups is 2. The Hall–Kier alpha value is -1.60. The van der Waals surface area contributed by atoms with Crippen molar-refractivity contribution in [2.45, 2.75) is 18.9 Å². The van der Waals surface area contributed by atoms with Crippen LogP contribution in [0.15, 0.2) is 22.7 Å². The molecule has 1 rings (SSSR count). The first-order chi connectivity index (χ1) is 9.97. The van der Waals surface area contributed by atoms with Crippen molar-refractivity contribution in [3.63, 3.8) is 0 Å². The molecule has 2 N–H and O–H groups in total. The summed E-state index contributed by atoms with van der Waals surface area (Å²) in [5, 5.41) is 11.5. The summed E-state index contributed by atoms with van der Waals surface area (Å²) in [6.45, 7) is 0.264. The van der Waals surface area contributed by atoms with Crippen molar-refractivity contribution in [3.8, 4) is 5.75 Å². The first-order valence-corrected chi connectivity index (χ1v) is 7.10. The summed E-state index contributed by atoms with van der Waals surface area (Å²) in [6, 6.07) is 4.32. The van der Waals surface area contributed by atoms with Gasteiger partial charge in [0.2, 0.25) is 5.91 Å². The lowest BCUT2D eigenvalue weighted by molar-refractivity contribution is -0.142. The zero-order valence-electron chi connectivity index (χ0n) is 11.9. The van der Waals surface area contributed by atoms with Crippen molar-refractivity contribution in [1.82, 2.24) is 5.32 Å². The Morgan fingerprint density at radius 1 is 1.38 bits per heavy atom. The van der Waals surface area contributed by atoms with Crippen LogP contribution >= 0.6 is 15.9 Å². The number of benzene rings is 1.